The highest BCUT2D eigenvalue weighted by molar-refractivity contribution is 6.34. The van der Waals surface area contributed by atoms with Crippen LogP contribution in [0.4, 0.5) is 4.39 Å². The molecule has 0 spiro atoms. The molecule has 0 saturated heterocycles. The van der Waals surface area contributed by atoms with Gasteiger partial charge in [0.15, 0.2) is 5.75 Å². The van der Waals surface area contributed by atoms with E-state index in [4.69, 9.17) is 21.1 Å². The number of hydrogen-bond donors (Lipinski definition) is 1. The Bertz CT molecular complexity index is 718. The molecule has 1 N–H and O–H groups in total. The van der Waals surface area contributed by atoms with Crippen molar-refractivity contribution in [2.24, 2.45) is 5.92 Å². The summed E-state index contributed by atoms with van der Waals surface area (Å²) in [6.07, 6.45) is 0. The fourth-order valence-corrected chi connectivity index (χ4v) is 3.56. The zero-order chi connectivity index (χ0) is 18.2. The zero-order valence-electron chi connectivity index (χ0n) is 15.0. The van der Waals surface area contributed by atoms with Crippen molar-refractivity contribution in [1.82, 2.24) is 0 Å². The number of aliphatic hydroxyl groups excluding tert-OH is 1. The molecule has 0 saturated carbocycles. The van der Waals surface area contributed by atoms with Gasteiger partial charge in [-0.1, -0.05) is 25.4 Å². The Morgan fingerprint density at radius 3 is 2.50 bits per heavy atom. The third kappa shape index (κ3) is 3.05. The first-order valence-electron chi connectivity index (χ1n) is 7.92. The summed E-state index contributed by atoms with van der Waals surface area (Å²) < 4.78 is 25.6. The van der Waals surface area contributed by atoms with Gasteiger partial charge in [0.2, 0.25) is 0 Å². The maximum atomic E-state index is 14.2. The summed E-state index contributed by atoms with van der Waals surface area (Å²) in [5.41, 5.74) is 2.16. The van der Waals surface area contributed by atoms with Crippen LogP contribution in [0.15, 0.2) is 29.1 Å². The van der Waals surface area contributed by atoms with Gasteiger partial charge in [-0.2, -0.15) is 0 Å². The van der Waals surface area contributed by atoms with Crippen LogP contribution in [0.5, 0.6) is 11.5 Å². The second-order valence-electron chi connectivity index (χ2n) is 6.70. The van der Waals surface area contributed by atoms with Crippen LogP contribution in [-0.2, 0) is 0 Å². The van der Waals surface area contributed by atoms with E-state index in [2.05, 4.69) is 0 Å². The number of allylic oxidation sites excluding steroid dienone is 1. The first kappa shape index (κ1) is 18.8. The Morgan fingerprint density at radius 2 is 2.00 bits per heavy atom. The lowest BCUT2D eigenvalue weighted by Gasteiger charge is -2.39. The van der Waals surface area contributed by atoms with Crippen LogP contribution in [0.1, 0.15) is 40.2 Å². The molecule has 0 atom stereocenters. The summed E-state index contributed by atoms with van der Waals surface area (Å²) in [5.74, 6) is 0.646. The summed E-state index contributed by atoms with van der Waals surface area (Å²) in [7, 11) is 1.55. The van der Waals surface area contributed by atoms with Crippen molar-refractivity contribution < 1.29 is 19.0 Å². The van der Waals surface area contributed by atoms with Gasteiger partial charge >= 0.3 is 0 Å². The number of halogens is 2. The lowest BCUT2D eigenvalue weighted by molar-refractivity contribution is 0.144. The Hall–Kier alpha value is -1.52. The maximum absolute atomic E-state index is 14.2. The monoisotopic (exact) mass is 354 g/mol. The summed E-state index contributed by atoms with van der Waals surface area (Å²) in [6.45, 7) is 8.87. The summed E-state index contributed by atoms with van der Waals surface area (Å²) in [5, 5.41) is 9.61. The van der Waals surface area contributed by atoms with Gasteiger partial charge in [0, 0.05) is 11.1 Å². The molecule has 24 heavy (non-hydrogen) atoms. The molecule has 0 amide bonds. The molecule has 5 heteroatoms. The average Bonchev–Trinajstić information content (AvgIpc) is 2.52. The van der Waals surface area contributed by atoms with Crippen molar-refractivity contribution in [1.29, 1.82) is 0 Å². The normalized spacial score (nSPS) is 17.4. The number of rotatable bonds is 4. The minimum absolute atomic E-state index is 0.118. The van der Waals surface area contributed by atoms with E-state index >= 15 is 0 Å². The predicted molar refractivity (Wildman–Crippen MR) is 95.4 cm³/mol. The Balaban J connectivity index is 2.87. The molecule has 1 aromatic carbocycles. The molecule has 0 aromatic heterocycles. The SMILES string of the molecule is COc1ccc2c(c1Cl)OC(C)(C)C(C(C)=C(F)CO)=C2C(C)C. The lowest BCUT2D eigenvalue weighted by Crippen LogP contribution is -2.36. The fourth-order valence-electron chi connectivity index (χ4n) is 3.28. The zero-order valence-corrected chi connectivity index (χ0v) is 15.7. The number of aliphatic hydroxyl groups is 1. The van der Waals surface area contributed by atoms with Crippen LogP contribution in [-0.4, -0.2) is 24.4 Å². The van der Waals surface area contributed by atoms with Gasteiger partial charge in [0.05, 0.1) is 13.7 Å². The molecular formula is C19H24ClFO3. The van der Waals surface area contributed by atoms with Gasteiger partial charge in [0.25, 0.3) is 0 Å². The molecule has 2 rings (SSSR count). The number of hydrogen-bond acceptors (Lipinski definition) is 3. The van der Waals surface area contributed by atoms with Crippen molar-refractivity contribution in [2.75, 3.05) is 13.7 Å². The standard InChI is InChI=1S/C19H24ClFO3/c1-10(2)15-12-7-8-14(23-6)17(20)18(12)24-19(4,5)16(15)11(3)13(21)9-22/h7-8,10,22H,9H2,1-6H3. The number of methoxy groups -OCH3 is 1. The van der Waals surface area contributed by atoms with Crippen molar-refractivity contribution in [3.05, 3.63) is 39.7 Å². The molecule has 3 nitrogen and oxygen atoms in total. The van der Waals surface area contributed by atoms with Crippen molar-refractivity contribution in [2.45, 2.75) is 40.2 Å². The Kier molecular flexibility index (Phi) is 5.31. The van der Waals surface area contributed by atoms with Crippen LogP contribution in [0.2, 0.25) is 5.02 Å². The van der Waals surface area contributed by atoms with E-state index in [-0.39, 0.29) is 5.92 Å². The summed E-state index contributed by atoms with van der Waals surface area (Å²) in [6, 6.07) is 3.67. The van der Waals surface area contributed by atoms with Gasteiger partial charge in [0.1, 0.15) is 22.2 Å². The van der Waals surface area contributed by atoms with Crippen molar-refractivity contribution in [3.63, 3.8) is 0 Å². The molecule has 132 valence electrons. The van der Waals surface area contributed by atoms with Crippen LogP contribution in [0.3, 0.4) is 0 Å². The van der Waals surface area contributed by atoms with Crippen molar-refractivity contribution >= 4 is 17.2 Å². The van der Waals surface area contributed by atoms with E-state index in [0.29, 0.717) is 22.1 Å². The Morgan fingerprint density at radius 1 is 1.38 bits per heavy atom. The predicted octanol–water partition coefficient (Wildman–Crippen LogP) is 5.17. The largest absolute Gasteiger partial charge is 0.495 e. The fraction of sp³-hybridized carbons (Fsp3) is 0.474. The summed E-state index contributed by atoms with van der Waals surface area (Å²) >= 11 is 6.44. The molecule has 1 aliphatic heterocycles. The van der Waals surface area contributed by atoms with Crippen LogP contribution in [0.25, 0.3) is 5.57 Å². The molecule has 0 bridgehead atoms. The molecule has 0 fully saturated rings. The highest BCUT2D eigenvalue weighted by atomic mass is 35.5. The second-order valence-corrected chi connectivity index (χ2v) is 7.08. The van der Waals surface area contributed by atoms with E-state index in [0.717, 1.165) is 16.7 Å². The highest BCUT2D eigenvalue weighted by Gasteiger charge is 2.39. The quantitative estimate of drug-likeness (QED) is 0.811. The van der Waals surface area contributed by atoms with E-state index in [9.17, 15) is 9.50 Å². The van der Waals surface area contributed by atoms with Gasteiger partial charge < -0.3 is 14.6 Å². The van der Waals surface area contributed by atoms with Crippen molar-refractivity contribution in [3.8, 4) is 11.5 Å². The minimum Gasteiger partial charge on any atom is -0.495 e. The molecule has 0 unspecified atom stereocenters. The van der Waals surface area contributed by atoms with Crippen LogP contribution in [0, 0.1) is 5.92 Å². The van der Waals surface area contributed by atoms with Crippen LogP contribution < -0.4 is 9.47 Å². The van der Waals surface area contributed by atoms with E-state index < -0.39 is 18.0 Å². The summed E-state index contributed by atoms with van der Waals surface area (Å²) in [4.78, 5) is 0. The minimum atomic E-state index is -0.792. The topological polar surface area (TPSA) is 38.7 Å². The van der Waals surface area contributed by atoms with Crippen LogP contribution >= 0.6 is 11.6 Å². The third-order valence-corrected chi connectivity index (χ3v) is 4.66. The maximum Gasteiger partial charge on any atom is 0.150 e. The third-order valence-electron chi connectivity index (χ3n) is 4.30. The van der Waals surface area contributed by atoms with Gasteiger partial charge in [-0.15, -0.1) is 0 Å². The van der Waals surface area contributed by atoms with E-state index in [1.807, 2.05) is 33.8 Å². The van der Waals surface area contributed by atoms with E-state index in [1.165, 1.54) is 0 Å². The first-order chi connectivity index (χ1) is 11.2. The second kappa shape index (κ2) is 6.77. The van der Waals surface area contributed by atoms with Gasteiger partial charge in [-0.3, -0.25) is 0 Å². The molecule has 1 heterocycles. The number of fused-ring (bicyclic) bond motifs is 1. The highest BCUT2D eigenvalue weighted by Crippen LogP contribution is 2.51. The Labute approximate surface area is 147 Å². The smallest absolute Gasteiger partial charge is 0.150 e. The average molecular weight is 355 g/mol. The molecule has 0 radical (unpaired) electrons. The van der Waals surface area contributed by atoms with Gasteiger partial charge in [-0.05, 0) is 50.0 Å². The van der Waals surface area contributed by atoms with E-state index in [1.54, 1.807) is 20.1 Å². The number of benzene rings is 1. The molecular weight excluding hydrogens is 331 g/mol. The molecule has 1 aromatic rings. The molecule has 0 aliphatic carbocycles. The first-order valence-corrected chi connectivity index (χ1v) is 8.30. The van der Waals surface area contributed by atoms with Gasteiger partial charge in [-0.25, -0.2) is 4.39 Å². The lowest BCUT2D eigenvalue weighted by atomic mass is 9.78. The number of ether oxygens (including phenoxy) is 2. The molecule has 1 aliphatic rings.